The van der Waals surface area contributed by atoms with E-state index in [0.717, 1.165) is 76.8 Å². The van der Waals surface area contributed by atoms with E-state index >= 15 is 0 Å². The number of hydrogen-bond acceptors (Lipinski definition) is 5. The molecule has 0 aliphatic carbocycles. The monoisotopic (exact) mass is 616 g/mol. The Hall–Kier alpha value is -3.04. The van der Waals surface area contributed by atoms with Crippen LogP contribution >= 0.6 is 0 Å². The Kier molecular flexibility index (Phi) is 6.60. The number of anilines is 1. The van der Waals surface area contributed by atoms with Crippen LogP contribution in [0.4, 0.5) is 5.69 Å². The van der Waals surface area contributed by atoms with Crippen molar-refractivity contribution < 1.29 is 4.74 Å². The van der Waals surface area contributed by atoms with Gasteiger partial charge in [0.1, 0.15) is 0 Å². The molecule has 5 aromatic rings. The number of nitrogens with zero attached hydrogens (tertiary/aromatic N) is 4. The van der Waals surface area contributed by atoms with Crippen LogP contribution in [0.2, 0.25) is 14.8 Å². The fraction of sp³-hybridized carbons (Fsp3) is 0.333. The van der Waals surface area contributed by atoms with Crippen LogP contribution in [-0.4, -0.2) is 83.0 Å². The summed E-state index contributed by atoms with van der Waals surface area (Å²) in [4.78, 5) is 29.0. The zero-order valence-electron chi connectivity index (χ0n) is 22.9. The summed E-state index contributed by atoms with van der Waals surface area (Å²) in [6.45, 7) is 7.01. The second-order valence-corrected chi connectivity index (χ2v) is 25.7. The number of likely N-dealkylation sites (N-methyl/N-ethyl adjacent to an activating group) is 1. The maximum absolute atomic E-state index is 5.96. The first-order valence-electron chi connectivity index (χ1n) is 13.5. The third-order valence-electron chi connectivity index (χ3n) is 7.45. The van der Waals surface area contributed by atoms with Gasteiger partial charge in [-0.1, -0.05) is 0 Å². The minimum absolute atomic E-state index is 0.681. The molecule has 0 spiro atoms. The zero-order chi connectivity index (χ0) is 26.4. The van der Waals surface area contributed by atoms with Crippen molar-refractivity contribution in [3.05, 3.63) is 54.6 Å². The summed E-state index contributed by atoms with van der Waals surface area (Å²) >= 11 is -2.39. The molecule has 1 aliphatic heterocycles. The van der Waals surface area contributed by atoms with Gasteiger partial charge in [-0.15, -0.1) is 0 Å². The average molecular weight is 615 g/mol. The molecule has 1 fully saturated rings. The van der Waals surface area contributed by atoms with Gasteiger partial charge in [-0.2, -0.15) is 0 Å². The van der Waals surface area contributed by atoms with Crippen LogP contribution in [0.25, 0.3) is 44.8 Å². The van der Waals surface area contributed by atoms with E-state index in [0.29, 0.717) is 6.61 Å². The van der Waals surface area contributed by atoms with Crippen LogP contribution in [0.1, 0.15) is 6.92 Å². The molecule has 2 N–H and O–H groups in total. The van der Waals surface area contributed by atoms with E-state index in [1.807, 2.05) is 6.92 Å². The van der Waals surface area contributed by atoms with Gasteiger partial charge in [0.2, 0.25) is 0 Å². The van der Waals surface area contributed by atoms with E-state index in [1.54, 1.807) is 0 Å². The number of H-pyrrole nitrogens is 2. The van der Waals surface area contributed by atoms with Crippen LogP contribution in [0.5, 0.6) is 5.75 Å². The van der Waals surface area contributed by atoms with Gasteiger partial charge in [0.05, 0.1) is 0 Å². The molecule has 0 atom stereocenters. The van der Waals surface area contributed by atoms with Crippen molar-refractivity contribution in [2.24, 2.45) is 0 Å². The van der Waals surface area contributed by atoms with Crippen molar-refractivity contribution in [1.29, 1.82) is 0 Å². The summed E-state index contributed by atoms with van der Waals surface area (Å²) in [5.74, 6) is 2.79. The third kappa shape index (κ3) is 4.89. The van der Waals surface area contributed by atoms with Crippen LogP contribution in [0.3, 0.4) is 0 Å². The second kappa shape index (κ2) is 9.93. The second-order valence-electron chi connectivity index (χ2n) is 11.3. The first kappa shape index (κ1) is 25.2. The van der Waals surface area contributed by atoms with E-state index in [1.165, 1.54) is 9.27 Å². The number of nitrogens with one attached hydrogen (secondary N) is 2. The molecule has 3 heterocycles. The molecule has 1 saturated heterocycles. The molecule has 0 bridgehead atoms. The van der Waals surface area contributed by atoms with Gasteiger partial charge < -0.3 is 9.80 Å². The number of fused-ring (bicyclic) bond motifs is 2. The molecule has 3 aromatic carbocycles. The van der Waals surface area contributed by atoms with E-state index < -0.39 is 18.4 Å². The molecular weight excluding hydrogens is 579 g/mol. The number of aromatic nitrogens is 4. The Balaban J connectivity index is 1.31. The third-order valence-corrected chi connectivity index (χ3v) is 13.2. The number of benzene rings is 3. The number of hydrogen-bond donors (Lipinski definition) is 2. The number of piperazine rings is 1. The number of ether oxygens (including phenoxy) is 1. The van der Waals surface area contributed by atoms with Gasteiger partial charge >= 0.3 is 174 Å². The summed E-state index contributed by atoms with van der Waals surface area (Å²) in [5, 5.41) is 0. The van der Waals surface area contributed by atoms with Crippen molar-refractivity contribution >= 4 is 49.7 Å². The number of rotatable bonds is 6. The number of imidazole rings is 2. The van der Waals surface area contributed by atoms with E-state index in [-0.39, 0.29) is 0 Å². The van der Waals surface area contributed by atoms with E-state index in [2.05, 4.69) is 96.2 Å². The first-order valence-corrected chi connectivity index (χ1v) is 23.5. The molecular formula is C30H36N6OSn. The summed E-state index contributed by atoms with van der Waals surface area (Å²) in [7, 11) is 2.19. The minimum atomic E-state index is -2.39. The summed E-state index contributed by atoms with van der Waals surface area (Å²) < 4.78 is 7.34. The molecule has 196 valence electrons. The molecule has 2 aromatic heterocycles. The van der Waals surface area contributed by atoms with Crippen LogP contribution in [-0.2, 0) is 0 Å². The van der Waals surface area contributed by atoms with Gasteiger partial charge in [-0.3, -0.25) is 0 Å². The molecule has 0 amide bonds. The van der Waals surface area contributed by atoms with Crippen molar-refractivity contribution in [2.45, 2.75) is 21.7 Å². The quantitative estimate of drug-likeness (QED) is 0.248. The van der Waals surface area contributed by atoms with E-state index in [9.17, 15) is 0 Å². The molecule has 0 saturated carbocycles. The molecule has 7 nitrogen and oxygen atoms in total. The SMILES string of the molecule is CCOc1ccc(-c2nc3ccc(-c4nc5ccc(N6CCN(C)CC6)cc5[nH]4)cc3[nH]2)c[c]1[Sn]([CH3])([CH3])[CH3]. The van der Waals surface area contributed by atoms with Crippen LogP contribution in [0, 0.1) is 0 Å². The molecule has 1 aliphatic rings. The van der Waals surface area contributed by atoms with Crippen molar-refractivity contribution in [1.82, 2.24) is 24.8 Å². The molecule has 6 rings (SSSR count). The Morgan fingerprint density at radius 2 is 1.39 bits per heavy atom. The predicted octanol–water partition coefficient (Wildman–Crippen LogP) is 5.47. The fourth-order valence-electron chi connectivity index (χ4n) is 5.23. The van der Waals surface area contributed by atoms with Crippen molar-refractivity contribution in [3.8, 4) is 28.5 Å². The summed E-state index contributed by atoms with van der Waals surface area (Å²) in [5.41, 5.74) is 7.41. The Bertz CT molecular complexity index is 1610. The van der Waals surface area contributed by atoms with Gasteiger partial charge in [-0.05, 0) is 13.1 Å². The summed E-state index contributed by atoms with van der Waals surface area (Å²) in [6, 6.07) is 19.4. The van der Waals surface area contributed by atoms with Gasteiger partial charge in [0.15, 0.2) is 0 Å². The Morgan fingerprint density at radius 1 is 0.789 bits per heavy atom. The standard InChI is InChI=1S/C27H27N6O.3CH3.Sn/c1-3-34-21-8-4-18(5-9-21)26-28-22-10-6-19(16-24(22)30-26)27-29-23-11-7-20(17-25(23)31-27)33-14-12-32(2)13-15-33;;;;/h4-8,10-11,16-17H,3,12-15H2,1-2H3,(H,28,30)(H,29,31);3*1H3;. The average Bonchev–Trinajstić information content (AvgIpc) is 3.52. The van der Waals surface area contributed by atoms with Crippen LogP contribution in [0.15, 0.2) is 54.6 Å². The topological polar surface area (TPSA) is 73.1 Å². The maximum atomic E-state index is 5.96. The molecule has 8 heteroatoms. The molecule has 0 unspecified atom stereocenters. The molecule has 38 heavy (non-hydrogen) atoms. The van der Waals surface area contributed by atoms with Crippen molar-refractivity contribution in [2.75, 3.05) is 44.7 Å². The summed E-state index contributed by atoms with van der Waals surface area (Å²) in [6.07, 6.45) is 0. The fourth-order valence-corrected chi connectivity index (χ4v) is 9.47. The van der Waals surface area contributed by atoms with Gasteiger partial charge in [0, 0.05) is 31.9 Å². The van der Waals surface area contributed by atoms with E-state index in [4.69, 9.17) is 14.7 Å². The Labute approximate surface area is 228 Å². The molecule has 0 radical (unpaired) electrons. The van der Waals surface area contributed by atoms with Crippen molar-refractivity contribution in [3.63, 3.8) is 0 Å². The first-order chi connectivity index (χ1) is 18.3. The normalized spacial score (nSPS) is 15.0. The van der Waals surface area contributed by atoms with Crippen LogP contribution < -0.4 is 13.2 Å². The Morgan fingerprint density at radius 3 is 2.05 bits per heavy atom. The van der Waals surface area contributed by atoms with Gasteiger partial charge in [0.25, 0.3) is 0 Å². The number of aromatic amines is 2. The zero-order valence-corrected chi connectivity index (χ0v) is 25.8. The van der Waals surface area contributed by atoms with Gasteiger partial charge in [-0.25, -0.2) is 0 Å². The predicted molar refractivity (Wildman–Crippen MR) is 160 cm³/mol.